The van der Waals surface area contributed by atoms with Crippen LogP contribution in [0.5, 0.6) is 5.75 Å². The number of rotatable bonds is 3. The number of phenols is 1. The van der Waals surface area contributed by atoms with Crippen molar-refractivity contribution >= 4 is 16.9 Å². The number of ether oxygens (including phenoxy) is 1. The fourth-order valence-corrected chi connectivity index (χ4v) is 5.36. The monoisotopic (exact) mass is 462 g/mol. The molecule has 3 aliphatic rings. The van der Waals surface area contributed by atoms with Crippen LogP contribution in [0.15, 0.2) is 29.1 Å². The second kappa shape index (κ2) is 7.63. The molecule has 1 unspecified atom stereocenters. The maximum atomic E-state index is 13.3. The smallest absolute Gasteiger partial charge is 0.343 e. The van der Waals surface area contributed by atoms with Gasteiger partial charge in [-0.2, -0.15) is 0 Å². The van der Waals surface area contributed by atoms with Gasteiger partial charge in [0.25, 0.3) is 5.56 Å². The van der Waals surface area contributed by atoms with Crippen LogP contribution >= 0.6 is 0 Å². The molecule has 3 aromatic rings. The molecule has 1 fully saturated rings. The lowest BCUT2D eigenvalue weighted by atomic mass is 9.86. The van der Waals surface area contributed by atoms with Crippen LogP contribution in [0.3, 0.4) is 0 Å². The average Bonchev–Trinajstić information content (AvgIpc) is 3.21. The Balaban J connectivity index is 1.50. The van der Waals surface area contributed by atoms with E-state index < -0.39 is 11.6 Å². The molecule has 3 aliphatic heterocycles. The van der Waals surface area contributed by atoms with Gasteiger partial charge in [0.15, 0.2) is 5.60 Å². The van der Waals surface area contributed by atoms with Crippen LogP contribution in [0.1, 0.15) is 35.6 Å². The fraction of sp³-hybridized carbons (Fsp3) is 0.400. The summed E-state index contributed by atoms with van der Waals surface area (Å²) in [5.41, 5.74) is 2.16. The molecule has 0 saturated carbocycles. The summed E-state index contributed by atoms with van der Waals surface area (Å²) in [5, 5.41) is 25.9. The molecule has 9 heteroatoms. The number of aromatic nitrogens is 2. The van der Waals surface area contributed by atoms with Crippen LogP contribution < -0.4 is 10.9 Å². The summed E-state index contributed by atoms with van der Waals surface area (Å²) in [6, 6.07) is 7.17. The number of hydrogen-bond acceptors (Lipinski definition) is 8. The lowest BCUT2D eigenvalue weighted by Crippen LogP contribution is -2.44. The van der Waals surface area contributed by atoms with Crippen molar-refractivity contribution in [2.45, 2.75) is 38.6 Å². The van der Waals surface area contributed by atoms with Crippen LogP contribution in [0.4, 0.5) is 0 Å². The van der Waals surface area contributed by atoms with Gasteiger partial charge in [0.1, 0.15) is 12.4 Å². The maximum Gasteiger partial charge on any atom is 0.343 e. The zero-order valence-corrected chi connectivity index (χ0v) is 18.9. The normalized spacial score (nSPS) is 21.8. The molecule has 3 N–H and O–H groups in total. The van der Waals surface area contributed by atoms with Gasteiger partial charge in [0.2, 0.25) is 0 Å². The molecular formula is C25H26N4O5. The van der Waals surface area contributed by atoms with Gasteiger partial charge < -0.3 is 24.8 Å². The predicted molar refractivity (Wildman–Crippen MR) is 124 cm³/mol. The number of benzene rings is 1. The van der Waals surface area contributed by atoms with E-state index in [-0.39, 0.29) is 24.3 Å². The van der Waals surface area contributed by atoms with E-state index in [0.717, 1.165) is 48.2 Å². The molecule has 5 heterocycles. The summed E-state index contributed by atoms with van der Waals surface area (Å²) in [4.78, 5) is 32.9. The molecule has 0 radical (unpaired) electrons. The number of aliphatic hydroxyl groups is 1. The van der Waals surface area contributed by atoms with Crippen molar-refractivity contribution in [2.75, 3.05) is 26.2 Å². The van der Waals surface area contributed by atoms with Gasteiger partial charge in [-0.05, 0) is 30.7 Å². The van der Waals surface area contributed by atoms with E-state index in [1.54, 1.807) is 29.7 Å². The Kier molecular flexibility index (Phi) is 4.77. The number of carbonyl (C=O) groups excluding carboxylic acids is 1. The summed E-state index contributed by atoms with van der Waals surface area (Å²) in [7, 11) is 0. The van der Waals surface area contributed by atoms with Crippen LogP contribution in [-0.4, -0.2) is 56.8 Å². The number of nitrogens with zero attached hydrogens (tertiary/aromatic N) is 3. The van der Waals surface area contributed by atoms with Crippen LogP contribution in [0, 0.1) is 0 Å². The third-order valence-electron chi connectivity index (χ3n) is 7.37. The fourth-order valence-electron chi connectivity index (χ4n) is 5.36. The molecule has 1 atom stereocenters. The summed E-state index contributed by atoms with van der Waals surface area (Å²) in [6.45, 7) is 6.13. The molecule has 0 bridgehead atoms. The van der Waals surface area contributed by atoms with Crippen LogP contribution in [0.2, 0.25) is 0 Å². The third-order valence-corrected chi connectivity index (χ3v) is 7.37. The quantitative estimate of drug-likeness (QED) is 0.389. The van der Waals surface area contributed by atoms with E-state index in [1.165, 1.54) is 0 Å². The SMILES string of the molecule is CCC1(O)C(=O)OCc2c1cc1n(c2=O)Cc2cc3c(CN4CCNCC4)c(O)ccc3nc2-1. The van der Waals surface area contributed by atoms with E-state index in [0.29, 0.717) is 35.6 Å². The Morgan fingerprint density at radius 2 is 2.00 bits per heavy atom. The van der Waals surface area contributed by atoms with Gasteiger partial charge in [-0.1, -0.05) is 6.92 Å². The zero-order chi connectivity index (χ0) is 23.6. The highest BCUT2D eigenvalue weighted by atomic mass is 16.6. The second-order valence-corrected chi connectivity index (χ2v) is 9.26. The Hall–Kier alpha value is -3.27. The highest BCUT2D eigenvalue weighted by Crippen LogP contribution is 2.39. The molecule has 1 aromatic carbocycles. The minimum absolute atomic E-state index is 0.106. The van der Waals surface area contributed by atoms with Crippen molar-refractivity contribution in [2.24, 2.45) is 0 Å². The number of aromatic hydroxyl groups is 1. The van der Waals surface area contributed by atoms with Crippen LogP contribution in [0.25, 0.3) is 22.3 Å². The average molecular weight is 463 g/mol. The molecule has 34 heavy (non-hydrogen) atoms. The minimum atomic E-state index is -1.84. The third kappa shape index (κ3) is 3.01. The van der Waals surface area contributed by atoms with Crippen molar-refractivity contribution in [1.29, 1.82) is 0 Å². The van der Waals surface area contributed by atoms with Gasteiger partial charge >= 0.3 is 5.97 Å². The Morgan fingerprint density at radius 1 is 1.21 bits per heavy atom. The first-order chi connectivity index (χ1) is 16.4. The molecule has 0 amide bonds. The first kappa shape index (κ1) is 21.3. The highest BCUT2D eigenvalue weighted by Gasteiger charge is 2.45. The molecule has 0 spiro atoms. The molecule has 9 nitrogen and oxygen atoms in total. The topological polar surface area (TPSA) is 117 Å². The van der Waals surface area contributed by atoms with Crippen molar-refractivity contribution in [3.8, 4) is 17.1 Å². The van der Waals surface area contributed by atoms with Gasteiger partial charge in [-0.3, -0.25) is 9.69 Å². The highest BCUT2D eigenvalue weighted by molar-refractivity contribution is 5.89. The van der Waals surface area contributed by atoms with Gasteiger partial charge in [-0.15, -0.1) is 0 Å². The largest absolute Gasteiger partial charge is 0.508 e. The van der Waals surface area contributed by atoms with Crippen molar-refractivity contribution < 1.29 is 19.7 Å². The number of fused-ring (bicyclic) bond motifs is 5. The van der Waals surface area contributed by atoms with Gasteiger partial charge in [0.05, 0.1) is 29.0 Å². The van der Waals surface area contributed by atoms with Crippen LogP contribution in [-0.2, 0) is 34.8 Å². The minimum Gasteiger partial charge on any atom is -0.508 e. The number of cyclic esters (lactones) is 1. The van der Waals surface area contributed by atoms with E-state index in [1.807, 2.05) is 6.07 Å². The van der Waals surface area contributed by atoms with Crippen molar-refractivity contribution in [3.05, 3.63) is 56.9 Å². The summed E-state index contributed by atoms with van der Waals surface area (Å²) < 4.78 is 6.76. The Labute approximate surface area is 195 Å². The number of phenolic OH excluding ortho intramolecular Hbond substituents is 1. The number of nitrogens with one attached hydrogen (secondary N) is 1. The van der Waals surface area contributed by atoms with E-state index in [2.05, 4.69) is 10.2 Å². The van der Waals surface area contributed by atoms with Gasteiger partial charge in [0, 0.05) is 54.8 Å². The van der Waals surface area contributed by atoms with Crippen molar-refractivity contribution in [1.82, 2.24) is 19.8 Å². The second-order valence-electron chi connectivity index (χ2n) is 9.26. The summed E-state index contributed by atoms with van der Waals surface area (Å²) >= 11 is 0. The molecule has 176 valence electrons. The molecule has 1 saturated heterocycles. The van der Waals surface area contributed by atoms with E-state index in [4.69, 9.17) is 9.72 Å². The first-order valence-corrected chi connectivity index (χ1v) is 11.7. The molecule has 6 rings (SSSR count). The number of pyridine rings is 2. The molecule has 0 aliphatic carbocycles. The number of piperazine rings is 1. The Morgan fingerprint density at radius 3 is 2.76 bits per heavy atom. The first-order valence-electron chi connectivity index (χ1n) is 11.7. The van der Waals surface area contributed by atoms with E-state index in [9.17, 15) is 19.8 Å². The number of esters is 1. The maximum absolute atomic E-state index is 13.3. The summed E-state index contributed by atoms with van der Waals surface area (Å²) in [6.07, 6.45) is 0.106. The van der Waals surface area contributed by atoms with Gasteiger partial charge in [-0.25, -0.2) is 9.78 Å². The molecular weight excluding hydrogens is 436 g/mol. The molecule has 2 aromatic heterocycles. The summed E-state index contributed by atoms with van der Waals surface area (Å²) in [5.74, 6) is -0.496. The predicted octanol–water partition coefficient (Wildman–Crippen LogP) is 1.19. The number of hydrogen-bond donors (Lipinski definition) is 3. The lowest BCUT2D eigenvalue weighted by Gasteiger charge is -2.31. The number of carbonyl (C=O) groups is 1. The standard InChI is InChI=1S/C25H26N4O5/c1-2-25(33)18-10-20-22-14(11-29(20)23(31)17(18)13-34-24(25)32)9-15-16(12-28-7-5-26-6-8-28)21(30)4-3-19(15)27-22/h3-4,9-10,26,30,33H,2,5-8,11-13H2,1H3. The van der Waals surface area contributed by atoms with E-state index >= 15 is 0 Å². The lowest BCUT2D eigenvalue weighted by molar-refractivity contribution is -0.172. The van der Waals surface area contributed by atoms with Crippen molar-refractivity contribution in [3.63, 3.8) is 0 Å². The zero-order valence-electron chi connectivity index (χ0n) is 18.9. The Bertz CT molecular complexity index is 1410.